The van der Waals surface area contributed by atoms with Crippen LogP contribution in [0.5, 0.6) is 11.6 Å². The lowest BCUT2D eigenvalue weighted by atomic mass is 10.1. The molecular weight excluding hydrogens is 286 g/mol. The van der Waals surface area contributed by atoms with E-state index in [2.05, 4.69) is 22.2 Å². The van der Waals surface area contributed by atoms with Gasteiger partial charge in [-0.05, 0) is 38.0 Å². The standard InChI is InChI=1S/C16H20ClN3O/c1-4-6-12-15(18-5-2)19-10-20-16(12)21-14-8-7-11(3)9-13(14)17/h7-10H,4-6H2,1-3H3,(H,18,19,20). The molecule has 0 saturated heterocycles. The molecule has 4 nitrogen and oxygen atoms in total. The lowest BCUT2D eigenvalue weighted by Gasteiger charge is -2.14. The molecular formula is C16H20ClN3O. The maximum atomic E-state index is 6.23. The summed E-state index contributed by atoms with van der Waals surface area (Å²) in [6.07, 6.45) is 3.35. The SMILES string of the molecule is CCCc1c(NCC)ncnc1Oc1ccc(C)cc1Cl. The fraction of sp³-hybridized carbons (Fsp3) is 0.375. The molecule has 0 aliphatic heterocycles. The molecule has 21 heavy (non-hydrogen) atoms. The average Bonchev–Trinajstić information content (AvgIpc) is 2.45. The smallest absolute Gasteiger partial charge is 0.227 e. The van der Waals surface area contributed by atoms with Gasteiger partial charge in [0.25, 0.3) is 0 Å². The highest BCUT2D eigenvalue weighted by molar-refractivity contribution is 6.32. The van der Waals surface area contributed by atoms with Crippen molar-refractivity contribution in [1.82, 2.24) is 9.97 Å². The van der Waals surface area contributed by atoms with Gasteiger partial charge < -0.3 is 10.1 Å². The molecule has 0 spiro atoms. The molecule has 0 radical (unpaired) electrons. The molecule has 0 atom stereocenters. The molecule has 1 N–H and O–H groups in total. The average molecular weight is 306 g/mol. The van der Waals surface area contributed by atoms with Gasteiger partial charge in [-0.25, -0.2) is 9.97 Å². The molecule has 0 unspecified atom stereocenters. The molecule has 0 saturated carbocycles. The minimum absolute atomic E-state index is 0.563. The summed E-state index contributed by atoms with van der Waals surface area (Å²) >= 11 is 6.23. The number of halogens is 1. The van der Waals surface area contributed by atoms with E-state index in [0.717, 1.165) is 36.3 Å². The number of anilines is 1. The largest absolute Gasteiger partial charge is 0.437 e. The molecule has 112 valence electrons. The van der Waals surface area contributed by atoms with Crippen LogP contribution in [0.2, 0.25) is 5.02 Å². The van der Waals surface area contributed by atoms with Gasteiger partial charge in [0.15, 0.2) is 0 Å². The molecule has 0 bridgehead atoms. The Kier molecular flexibility index (Phi) is 5.39. The Bertz CT molecular complexity index is 616. The number of rotatable bonds is 6. The van der Waals surface area contributed by atoms with Crippen molar-refractivity contribution in [3.63, 3.8) is 0 Å². The number of nitrogens with one attached hydrogen (secondary N) is 1. The van der Waals surface area contributed by atoms with Gasteiger partial charge in [0.05, 0.1) is 10.6 Å². The van der Waals surface area contributed by atoms with Crippen LogP contribution in [0.4, 0.5) is 5.82 Å². The van der Waals surface area contributed by atoms with Crippen LogP contribution in [0, 0.1) is 6.92 Å². The third kappa shape index (κ3) is 3.85. The molecule has 0 aliphatic carbocycles. The molecule has 1 heterocycles. The highest BCUT2D eigenvalue weighted by atomic mass is 35.5. The van der Waals surface area contributed by atoms with Crippen LogP contribution >= 0.6 is 11.6 Å². The van der Waals surface area contributed by atoms with Crippen LogP contribution in [0.1, 0.15) is 31.4 Å². The van der Waals surface area contributed by atoms with Crippen LogP contribution < -0.4 is 10.1 Å². The molecule has 0 aliphatic rings. The van der Waals surface area contributed by atoms with Crippen molar-refractivity contribution >= 4 is 17.4 Å². The minimum Gasteiger partial charge on any atom is -0.437 e. The molecule has 5 heteroatoms. The van der Waals surface area contributed by atoms with E-state index in [0.29, 0.717) is 16.7 Å². The summed E-state index contributed by atoms with van der Waals surface area (Å²) in [6, 6.07) is 5.71. The van der Waals surface area contributed by atoms with Crippen molar-refractivity contribution in [2.75, 3.05) is 11.9 Å². The summed E-state index contributed by atoms with van der Waals surface area (Å²) in [5.74, 6) is 2.00. The van der Waals surface area contributed by atoms with Crippen molar-refractivity contribution in [3.05, 3.63) is 40.7 Å². The normalized spacial score (nSPS) is 10.5. The van der Waals surface area contributed by atoms with Crippen molar-refractivity contribution < 1.29 is 4.74 Å². The number of hydrogen-bond acceptors (Lipinski definition) is 4. The first-order valence-electron chi connectivity index (χ1n) is 7.17. The molecule has 0 fully saturated rings. The van der Waals surface area contributed by atoms with Gasteiger partial charge >= 0.3 is 0 Å². The second-order valence-electron chi connectivity index (χ2n) is 4.82. The second kappa shape index (κ2) is 7.27. The van der Waals surface area contributed by atoms with E-state index < -0.39 is 0 Å². The first-order chi connectivity index (χ1) is 10.2. The van der Waals surface area contributed by atoms with Gasteiger partial charge in [-0.2, -0.15) is 0 Å². The van der Waals surface area contributed by atoms with E-state index >= 15 is 0 Å². The highest BCUT2D eigenvalue weighted by Gasteiger charge is 2.13. The lowest BCUT2D eigenvalue weighted by molar-refractivity contribution is 0.454. The van der Waals surface area contributed by atoms with Crippen LogP contribution in [0.25, 0.3) is 0 Å². The predicted molar refractivity (Wildman–Crippen MR) is 86.5 cm³/mol. The number of benzene rings is 1. The van der Waals surface area contributed by atoms with Crippen LogP contribution in [0.15, 0.2) is 24.5 Å². The quantitative estimate of drug-likeness (QED) is 0.846. The monoisotopic (exact) mass is 305 g/mol. The van der Waals surface area contributed by atoms with E-state index in [-0.39, 0.29) is 0 Å². The molecule has 0 amide bonds. The van der Waals surface area contributed by atoms with Crippen LogP contribution in [0.3, 0.4) is 0 Å². The Labute approximate surface area is 130 Å². The minimum atomic E-state index is 0.563. The topological polar surface area (TPSA) is 47.0 Å². The zero-order valence-electron chi connectivity index (χ0n) is 12.6. The first-order valence-corrected chi connectivity index (χ1v) is 7.55. The third-order valence-corrected chi connectivity index (χ3v) is 3.34. The summed E-state index contributed by atoms with van der Waals surface area (Å²) < 4.78 is 5.91. The Morgan fingerprint density at radius 1 is 1.24 bits per heavy atom. The fourth-order valence-corrected chi connectivity index (χ4v) is 2.35. The summed E-state index contributed by atoms with van der Waals surface area (Å²) in [4.78, 5) is 8.56. The number of nitrogens with zero attached hydrogens (tertiary/aromatic N) is 2. The number of aryl methyl sites for hydroxylation is 1. The maximum Gasteiger partial charge on any atom is 0.227 e. The Balaban J connectivity index is 2.36. The Hall–Kier alpha value is -1.81. The van der Waals surface area contributed by atoms with Gasteiger partial charge in [0.2, 0.25) is 5.88 Å². The summed E-state index contributed by atoms with van der Waals surface area (Å²) in [7, 11) is 0. The Morgan fingerprint density at radius 2 is 2.05 bits per heavy atom. The highest BCUT2D eigenvalue weighted by Crippen LogP contribution is 2.32. The summed E-state index contributed by atoms with van der Waals surface area (Å²) in [5.41, 5.74) is 2.08. The molecule has 2 aromatic rings. The van der Waals surface area contributed by atoms with E-state index in [4.69, 9.17) is 16.3 Å². The third-order valence-electron chi connectivity index (χ3n) is 3.04. The first kappa shape index (κ1) is 15.6. The van der Waals surface area contributed by atoms with Gasteiger partial charge in [0, 0.05) is 6.54 Å². The van der Waals surface area contributed by atoms with Crippen molar-refractivity contribution in [2.24, 2.45) is 0 Å². The van der Waals surface area contributed by atoms with E-state index in [1.54, 1.807) is 0 Å². The van der Waals surface area contributed by atoms with Gasteiger partial charge in [0.1, 0.15) is 17.9 Å². The van der Waals surface area contributed by atoms with Gasteiger partial charge in [-0.3, -0.25) is 0 Å². The summed E-state index contributed by atoms with van der Waals surface area (Å²) in [6.45, 7) is 6.95. The second-order valence-corrected chi connectivity index (χ2v) is 5.23. The van der Waals surface area contributed by atoms with Crippen LogP contribution in [-0.4, -0.2) is 16.5 Å². The molecule has 1 aromatic carbocycles. The van der Waals surface area contributed by atoms with E-state index in [1.807, 2.05) is 32.0 Å². The van der Waals surface area contributed by atoms with E-state index in [1.165, 1.54) is 6.33 Å². The number of ether oxygens (including phenoxy) is 1. The Morgan fingerprint density at radius 3 is 2.71 bits per heavy atom. The zero-order chi connectivity index (χ0) is 15.2. The fourth-order valence-electron chi connectivity index (χ4n) is 2.07. The van der Waals surface area contributed by atoms with Crippen LogP contribution in [-0.2, 0) is 6.42 Å². The number of hydrogen-bond donors (Lipinski definition) is 1. The van der Waals surface area contributed by atoms with E-state index in [9.17, 15) is 0 Å². The van der Waals surface area contributed by atoms with Crippen molar-refractivity contribution in [3.8, 4) is 11.6 Å². The summed E-state index contributed by atoms with van der Waals surface area (Å²) in [5, 5.41) is 3.83. The van der Waals surface area contributed by atoms with Gasteiger partial charge in [-0.15, -0.1) is 0 Å². The predicted octanol–water partition coefficient (Wildman–Crippen LogP) is 4.62. The zero-order valence-corrected chi connectivity index (χ0v) is 13.4. The number of aromatic nitrogens is 2. The maximum absolute atomic E-state index is 6.23. The van der Waals surface area contributed by atoms with Crippen molar-refractivity contribution in [1.29, 1.82) is 0 Å². The molecule has 2 rings (SSSR count). The van der Waals surface area contributed by atoms with Gasteiger partial charge in [-0.1, -0.05) is 31.0 Å². The lowest BCUT2D eigenvalue weighted by Crippen LogP contribution is -2.06. The molecule has 1 aromatic heterocycles. The van der Waals surface area contributed by atoms with Crippen molar-refractivity contribution in [2.45, 2.75) is 33.6 Å².